The Labute approximate surface area is 154 Å². The number of carbonyl (C=O) groups excluding carboxylic acids is 1. The first-order chi connectivity index (χ1) is 11.5. The lowest BCUT2D eigenvalue weighted by molar-refractivity contribution is 0.0590. The number of nitrogens with zero attached hydrogens (tertiary/aromatic N) is 1. The second kappa shape index (κ2) is 6.78. The second-order valence-electron chi connectivity index (χ2n) is 4.83. The average molecular weight is 453 g/mol. The van der Waals surface area contributed by atoms with Gasteiger partial charge in [0.1, 0.15) is 16.1 Å². The van der Waals surface area contributed by atoms with Crippen molar-refractivity contribution in [3.63, 3.8) is 0 Å². The number of benzene rings is 2. The number of methoxy groups -OCH3 is 1. The number of pyridine rings is 1. The summed E-state index contributed by atoms with van der Waals surface area (Å²) in [5.41, 5.74) is -0.158. The van der Waals surface area contributed by atoms with E-state index < -0.39 is 5.97 Å². The van der Waals surface area contributed by atoms with Crippen molar-refractivity contribution in [2.24, 2.45) is 0 Å². The van der Waals surface area contributed by atoms with Gasteiger partial charge in [-0.05, 0) is 56.1 Å². The molecule has 0 aliphatic carbocycles. The van der Waals surface area contributed by atoms with Gasteiger partial charge in [-0.2, -0.15) is 0 Å². The molecule has 0 fully saturated rings. The molecule has 122 valence electrons. The Hall–Kier alpha value is -2.12. The maximum Gasteiger partial charge on any atom is 0.360 e. The molecule has 1 aromatic heterocycles. The van der Waals surface area contributed by atoms with Crippen molar-refractivity contribution in [3.8, 4) is 17.2 Å². The number of esters is 1. The normalized spacial score (nSPS) is 10.6. The van der Waals surface area contributed by atoms with Gasteiger partial charge < -0.3 is 14.6 Å². The monoisotopic (exact) mass is 451 g/mol. The van der Waals surface area contributed by atoms with E-state index >= 15 is 0 Å². The van der Waals surface area contributed by atoms with Gasteiger partial charge in [0.2, 0.25) is 0 Å². The number of hydrogen-bond donors (Lipinski definition) is 1. The van der Waals surface area contributed by atoms with E-state index in [1.54, 1.807) is 12.1 Å². The van der Waals surface area contributed by atoms with E-state index in [1.165, 1.54) is 7.11 Å². The Kier molecular flexibility index (Phi) is 4.73. The van der Waals surface area contributed by atoms with Crippen LogP contribution in [-0.4, -0.2) is 23.2 Å². The number of para-hydroxylation sites is 1. The lowest BCUT2D eigenvalue weighted by atomic mass is 10.1. The summed E-state index contributed by atoms with van der Waals surface area (Å²) in [6, 6.07) is 12.8. The Morgan fingerprint density at radius 1 is 1.12 bits per heavy atom. The summed E-state index contributed by atoms with van der Waals surface area (Å²) in [6.45, 7) is 0. The van der Waals surface area contributed by atoms with Gasteiger partial charge in [0, 0.05) is 15.2 Å². The minimum absolute atomic E-state index is 0.158. The number of rotatable bonds is 3. The van der Waals surface area contributed by atoms with Gasteiger partial charge in [0.25, 0.3) is 0 Å². The molecule has 0 radical (unpaired) electrons. The molecule has 0 bridgehead atoms. The van der Waals surface area contributed by atoms with Crippen LogP contribution in [0.25, 0.3) is 10.8 Å². The highest BCUT2D eigenvalue weighted by Crippen LogP contribution is 2.40. The van der Waals surface area contributed by atoms with Gasteiger partial charge in [0.15, 0.2) is 11.4 Å². The summed E-state index contributed by atoms with van der Waals surface area (Å²) in [7, 11) is 1.23. The third-order valence-electron chi connectivity index (χ3n) is 3.31. The van der Waals surface area contributed by atoms with Crippen molar-refractivity contribution >= 4 is 48.6 Å². The van der Waals surface area contributed by atoms with E-state index in [-0.39, 0.29) is 11.4 Å². The van der Waals surface area contributed by atoms with Crippen molar-refractivity contribution in [3.05, 3.63) is 57.2 Å². The molecule has 3 rings (SSSR count). The van der Waals surface area contributed by atoms with Crippen LogP contribution < -0.4 is 4.74 Å². The van der Waals surface area contributed by atoms with E-state index in [0.29, 0.717) is 31.3 Å². The molecule has 1 N–H and O–H groups in total. The summed E-state index contributed by atoms with van der Waals surface area (Å²) < 4.78 is 11.4. The third kappa shape index (κ3) is 3.09. The molecule has 2 aromatic carbocycles. The number of halogens is 2. The van der Waals surface area contributed by atoms with Gasteiger partial charge in [-0.3, -0.25) is 0 Å². The van der Waals surface area contributed by atoms with Gasteiger partial charge >= 0.3 is 5.97 Å². The molecule has 0 unspecified atom stereocenters. The van der Waals surface area contributed by atoms with E-state index in [1.807, 2.05) is 30.3 Å². The number of hydrogen-bond acceptors (Lipinski definition) is 5. The third-order valence-corrected chi connectivity index (χ3v) is 4.54. The van der Waals surface area contributed by atoms with Crippen molar-refractivity contribution in [2.45, 2.75) is 0 Å². The Balaban J connectivity index is 2.15. The summed E-state index contributed by atoms with van der Waals surface area (Å²) in [6.07, 6.45) is 0. The summed E-state index contributed by atoms with van der Waals surface area (Å²) in [5, 5.41) is 11.4. The van der Waals surface area contributed by atoms with Gasteiger partial charge in [0.05, 0.1) is 7.11 Å². The molecule has 1 heterocycles. The molecule has 0 saturated carbocycles. The van der Waals surface area contributed by atoms with Crippen LogP contribution in [0.5, 0.6) is 17.2 Å². The van der Waals surface area contributed by atoms with Gasteiger partial charge in [-0.25, -0.2) is 9.78 Å². The predicted molar refractivity (Wildman–Crippen MR) is 96.7 cm³/mol. The van der Waals surface area contributed by atoms with Gasteiger partial charge in [-0.1, -0.05) is 18.2 Å². The molecule has 0 aliphatic rings. The fourth-order valence-electron chi connectivity index (χ4n) is 2.24. The van der Waals surface area contributed by atoms with E-state index in [2.05, 4.69) is 41.6 Å². The fraction of sp³-hybridized carbons (Fsp3) is 0.0588. The number of aromatic hydroxyl groups is 1. The van der Waals surface area contributed by atoms with Crippen LogP contribution in [0.4, 0.5) is 0 Å². The van der Waals surface area contributed by atoms with Crippen LogP contribution in [0.15, 0.2) is 51.5 Å². The molecule has 3 aromatic rings. The molecule has 0 saturated heterocycles. The van der Waals surface area contributed by atoms with E-state index in [9.17, 15) is 9.90 Å². The van der Waals surface area contributed by atoms with Crippen LogP contribution in [-0.2, 0) is 4.74 Å². The Bertz CT molecular complexity index is 929. The minimum Gasteiger partial charge on any atom is -0.505 e. The zero-order valence-electron chi connectivity index (χ0n) is 12.4. The van der Waals surface area contributed by atoms with E-state index in [0.717, 1.165) is 0 Å². The smallest absolute Gasteiger partial charge is 0.360 e. The number of carbonyl (C=O) groups is 1. The minimum atomic E-state index is -0.716. The standard InChI is InChI=1S/C17H11Br2NO4/c1-23-17(22)14-15(21)13-11(16(19)20-14)7-10(8-12(13)18)24-9-5-3-2-4-6-9/h2-8,21H,1H3. The van der Waals surface area contributed by atoms with Crippen LogP contribution in [0, 0.1) is 0 Å². The lowest BCUT2D eigenvalue weighted by Crippen LogP contribution is -2.05. The topological polar surface area (TPSA) is 68.7 Å². The van der Waals surface area contributed by atoms with Crippen LogP contribution in [0.1, 0.15) is 10.5 Å². The highest BCUT2D eigenvalue weighted by Gasteiger charge is 2.21. The summed E-state index contributed by atoms with van der Waals surface area (Å²) in [5.74, 6) is 0.279. The Morgan fingerprint density at radius 3 is 2.50 bits per heavy atom. The van der Waals surface area contributed by atoms with E-state index in [4.69, 9.17) is 4.74 Å². The largest absolute Gasteiger partial charge is 0.505 e. The Morgan fingerprint density at radius 2 is 1.83 bits per heavy atom. The second-order valence-corrected chi connectivity index (χ2v) is 6.44. The van der Waals surface area contributed by atoms with Crippen LogP contribution in [0.3, 0.4) is 0 Å². The maximum atomic E-state index is 11.7. The molecule has 0 spiro atoms. The summed E-state index contributed by atoms with van der Waals surface area (Å²) >= 11 is 6.74. The quantitative estimate of drug-likeness (QED) is 0.445. The highest BCUT2D eigenvalue weighted by atomic mass is 79.9. The zero-order valence-corrected chi connectivity index (χ0v) is 15.6. The molecule has 0 atom stereocenters. The molecule has 0 aliphatic heterocycles. The number of fused-ring (bicyclic) bond motifs is 1. The van der Waals surface area contributed by atoms with Crippen molar-refractivity contribution < 1.29 is 19.4 Å². The predicted octanol–water partition coefficient (Wildman–Crippen LogP) is 5.04. The summed E-state index contributed by atoms with van der Waals surface area (Å²) in [4.78, 5) is 15.8. The molecular formula is C17H11Br2NO4. The zero-order chi connectivity index (χ0) is 17.3. The molecule has 7 heteroatoms. The highest BCUT2D eigenvalue weighted by molar-refractivity contribution is 9.11. The van der Waals surface area contributed by atoms with Crippen LogP contribution in [0.2, 0.25) is 0 Å². The molecule has 5 nitrogen and oxygen atoms in total. The average Bonchev–Trinajstić information content (AvgIpc) is 2.58. The first-order valence-electron chi connectivity index (χ1n) is 6.84. The van der Waals surface area contributed by atoms with Crippen LogP contribution >= 0.6 is 31.9 Å². The molecule has 24 heavy (non-hydrogen) atoms. The first-order valence-corrected chi connectivity index (χ1v) is 8.42. The number of aromatic nitrogens is 1. The lowest BCUT2D eigenvalue weighted by Gasteiger charge is -2.12. The van der Waals surface area contributed by atoms with Crippen molar-refractivity contribution in [2.75, 3.05) is 7.11 Å². The number of ether oxygens (including phenoxy) is 2. The SMILES string of the molecule is COC(=O)c1nc(Br)c2cc(Oc3ccccc3)cc(Br)c2c1O. The molecule has 0 amide bonds. The van der Waals surface area contributed by atoms with Crippen molar-refractivity contribution in [1.82, 2.24) is 4.98 Å². The maximum absolute atomic E-state index is 11.7. The fourth-order valence-corrected chi connectivity index (χ4v) is 3.35. The first kappa shape index (κ1) is 16.7. The van der Waals surface area contributed by atoms with Gasteiger partial charge in [-0.15, -0.1) is 0 Å². The molecular weight excluding hydrogens is 442 g/mol. The van der Waals surface area contributed by atoms with Crippen molar-refractivity contribution in [1.29, 1.82) is 0 Å².